The zero-order valence-corrected chi connectivity index (χ0v) is 19.6. The quantitative estimate of drug-likeness (QED) is 0.423. The van der Waals surface area contributed by atoms with Gasteiger partial charge in [-0.2, -0.15) is 0 Å². The molecule has 0 radical (unpaired) electrons. The summed E-state index contributed by atoms with van der Waals surface area (Å²) in [5.74, 6) is 0.500. The van der Waals surface area contributed by atoms with Gasteiger partial charge >= 0.3 is 0 Å². The number of benzene rings is 3. The Morgan fingerprint density at radius 2 is 1.76 bits per heavy atom. The van der Waals surface area contributed by atoms with Crippen LogP contribution in [0.3, 0.4) is 0 Å². The first-order valence-electron chi connectivity index (χ1n) is 11.1. The smallest absolute Gasteiger partial charge is 0.260 e. The summed E-state index contributed by atoms with van der Waals surface area (Å²) in [5, 5.41) is 6.81. The molecule has 0 atom stereocenters. The number of nitrogens with zero attached hydrogens (tertiary/aromatic N) is 1. The van der Waals surface area contributed by atoms with E-state index in [2.05, 4.69) is 16.8 Å². The molecular weight excluding hydrogens is 448 g/mol. The van der Waals surface area contributed by atoms with Crippen LogP contribution in [0.15, 0.2) is 72.1 Å². The fourth-order valence-electron chi connectivity index (χ4n) is 4.15. The van der Waals surface area contributed by atoms with Gasteiger partial charge in [0, 0.05) is 18.0 Å². The van der Waals surface area contributed by atoms with E-state index in [1.807, 2.05) is 47.4 Å². The van der Waals surface area contributed by atoms with E-state index >= 15 is 0 Å². The van der Waals surface area contributed by atoms with Gasteiger partial charge in [0.05, 0.1) is 18.4 Å². The molecule has 7 heteroatoms. The van der Waals surface area contributed by atoms with Crippen LogP contribution < -0.4 is 14.8 Å². The van der Waals surface area contributed by atoms with Crippen molar-refractivity contribution in [3.05, 3.63) is 88.1 Å². The lowest BCUT2D eigenvalue weighted by molar-refractivity contribution is -0.134. The first-order chi connectivity index (χ1) is 16.6. The normalized spacial score (nSPS) is 12.8. The number of rotatable bonds is 6. The molecule has 0 unspecified atom stereocenters. The zero-order valence-electron chi connectivity index (χ0n) is 18.7. The number of nitrogens with one attached hydrogen (secondary N) is 1. The van der Waals surface area contributed by atoms with Gasteiger partial charge < -0.3 is 19.7 Å². The van der Waals surface area contributed by atoms with Crippen molar-refractivity contribution in [3.8, 4) is 11.5 Å². The maximum Gasteiger partial charge on any atom is 0.260 e. The van der Waals surface area contributed by atoms with Crippen LogP contribution in [0.25, 0.3) is 10.8 Å². The highest BCUT2D eigenvalue weighted by molar-refractivity contribution is 7.10. The van der Waals surface area contributed by atoms with Gasteiger partial charge in [0.1, 0.15) is 11.5 Å². The molecule has 172 valence electrons. The minimum absolute atomic E-state index is 0.0962. The van der Waals surface area contributed by atoms with Gasteiger partial charge in [-0.3, -0.25) is 9.59 Å². The molecule has 0 aliphatic carbocycles. The second kappa shape index (κ2) is 9.57. The van der Waals surface area contributed by atoms with Gasteiger partial charge in [-0.25, -0.2) is 0 Å². The summed E-state index contributed by atoms with van der Waals surface area (Å²) in [7, 11) is 1.56. The molecule has 1 aliphatic heterocycles. The summed E-state index contributed by atoms with van der Waals surface area (Å²) in [6.07, 6.45) is 0.862. The Morgan fingerprint density at radius 1 is 1.00 bits per heavy atom. The van der Waals surface area contributed by atoms with Gasteiger partial charge in [0.2, 0.25) is 0 Å². The minimum atomic E-state index is -0.335. The number of hydrogen-bond acceptors (Lipinski definition) is 5. The largest absolute Gasteiger partial charge is 0.495 e. The number of methoxy groups -OCH3 is 1. The van der Waals surface area contributed by atoms with Crippen molar-refractivity contribution in [2.24, 2.45) is 0 Å². The summed E-state index contributed by atoms with van der Waals surface area (Å²) in [5.41, 5.74) is 2.12. The molecule has 0 saturated heterocycles. The molecule has 4 aromatic rings. The number of carbonyl (C=O) groups is 2. The van der Waals surface area contributed by atoms with Crippen LogP contribution in [0.4, 0.5) is 5.69 Å². The van der Waals surface area contributed by atoms with Crippen molar-refractivity contribution in [2.75, 3.05) is 25.6 Å². The van der Waals surface area contributed by atoms with E-state index in [9.17, 15) is 9.59 Å². The maximum atomic E-state index is 13.3. The number of anilines is 1. The average molecular weight is 473 g/mol. The molecule has 1 N–H and O–H groups in total. The third-order valence-corrected chi connectivity index (χ3v) is 6.98. The van der Waals surface area contributed by atoms with Crippen LogP contribution >= 0.6 is 11.3 Å². The first kappa shape index (κ1) is 22.0. The zero-order chi connectivity index (χ0) is 23.5. The number of carbonyl (C=O) groups excluding carboxylic acids is 2. The number of para-hydroxylation sites is 2. The SMILES string of the molecule is COc1ccccc1NC(=O)c1cc2ccccc2cc1OCC(=O)N1CCc2sccc2C1. The average Bonchev–Trinajstić information content (AvgIpc) is 3.35. The van der Waals surface area contributed by atoms with Crippen LogP contribution in [0.2, 0.25) is 0 Å². The predicted molar refractivity (Wildman–Crippen MR) is 134 cm³/mol. The number of hydrogen-bond donors (Lipinski definition) is 1. The van der Waals surface area contributed by atoms with Crippen molar-refractivity contribution >= 4 is 39.6 Å². The van der Waals surface area contributed by atoms with Gasteiger partial charge in [-0.15, -0.1) is 11.3 Å². The van der Waals surface area contributed by atoms with E-state index in [4.69, 9.17) is 9.47 Å². The maximum absolute atomic E-state index is 13.3. The molecule has 0 saturated carbocycles. The van der Waals surface area contributed by atoms with Gasteiger partial charge in [-0.05, 0) is 58.5 Å². The number of amides is 2. The molecule has 6 nitrogen and oxygen atoms in total. The molecule has 0 spiro atoms. The summed E-state index contributed by atoms with van der Waals surface area (Å²) >= 11 is 1.74. The summed E-state index contributed by atoms with van der Waals surface area (Å²) in [6.45, 7) is 1.14. The van der Waals surface area contributed by atoms with E-state index in [0.29, 0.717) is 35.8 Å². The molecule has 2 amide bonds. The molecular formula is C27H24N2O4S. The predicted octanol–water partition coefficient (Wildman–Crippen LogP) is 5.13. The third kappa shape index (κ3) is 4.47. The summed E-state index contributed by atoms with van der Waals surface area (Å²) in [6, 6.07) is 20.6. The topological polar surface area (TPSA) is 67.9 Å². The summed E-state index contributed by atoms with van der Waals surface area (Å²) in [4.78, 5) is 29.3. The van der Waals surface area contributed by atoms with E-state index in [1.54, 1.807) is 36.6 Å². The van der Waals surface area contributed by atoms with E-state index in [1.165, 1.54) is 10.4 Å². The van der Waals surface area contributed by atoms with Crippen LogP contribution in [-0.4, -0.2) is 37.0 Å². The first-order valence-corrected chi connectivity index (χ1v) is 11.9. The monoisotopic (exact) mass is 472 g/mol. The lowest BCUT2D eigenvalue weighted by Crippen LogP contribution is -2.38. The van der Waals surface area contributed by atoms with E-state index in [-0.39, 0.29) is 18.4 Å². The molecule has 1 aromatic heterocycles. The van der Waals surface area contributed by atoms with E-state index < -0.39 is 0 Å². The molecule has 0 fully saturated rings. The van der Waals surface area contributed by atoms with Crippen molar-refractivity contribution in [1.82, 2.24) is 4.90 Å². The van der Waals surface area contributed by atoms with Gasteiger partial charge in [0.15, 0.2) is 6.61 Å². The molecule has 5 rings (SSSR count). The molecule has 1 aliphatic rings. The van der Waals surface area contributed by atoms with Crippen LogP contribution in [0.1, 0.15) is 20.8 Å². The molecule has 3 aromatic carbocycles. The number of ether oxygens (including phenoxy) is 2. The minimum Gasteiger partial charge on any atom is -0.495 e. The van der Waals surface area contributed by atoms with Gasteiger partial charge in [-0.1, -0.05) is 36.4 Å². The van der Waals surface area contributed by atoms with Crippen LogP contribution in [0, 0.1) is 0 Å². The van der Waals surface area contributed by atoms with Crippen LogP contribution in [0.5, 0.6) is 11.5 Å². The van der Waals surface area contributed by atoms with Gasteiger partial charge in [0.25, 0.3) is 11.8 Å². The van der Waals surface area contributed by atoms with Crippen LogP contribution in [-0.2, 0) is 17.8 Å². The standard InChI is InChI=1S/C27H24N2O4S/c1-32-23-9-5-4-8-22(23)28-27(31)21-14-18-6-2-3-7-19(18)15-24(21)33-17-26(30)29-12-10-25-20(16-29)11-13-34-25/h2-9,11,13-15H,10,12,16-17H2,1H3,(H,28,31). The Kier molecular flexibility index (Phi) is 6.18. The highest BCUT2D eigenvalue weighted by atomic mass is 32.1. The van der Waals surface area contributed by atoms with Crippen molar-refractivity contribution < 1.29 is 19.1 Å². The summed E-state index contributed by atoms with van der Waals surface area (Å²) < 4.78 is 11.3. The second-order valence-corrected chi connectivity index (χ2v) is 9.07. The van der Waals surface area contributed by atoms with Crippen molar-refractivity contribution in [1.29, 1.82) is 0 Å². The Bertz CT molecular complexity index is 1360. The molecule has 0 bridgehead atoms. The Balaban J connectivity index is 1.38. The lowest BCUT2D eigenvalue weighted by Gasteiger charge is -2.27. The van der Waals surface area contributed by atoms with E-state index in [0.717, 1.165) is 17.2 Å². The van der Waals surface area contributed by atoms with Crippen molar-refractivity contribution in [3.63, 3.8) is 0 Å². The Morgan fingerprint density at radius 3 is 2.59 bits per heavy atom. The third-order valence-electron chi connectivity index (χ3n) is 5.96. The van der Waals surface area contributed by atoms with Crippen molar-refractivity contribution in [2.45, 2.75) is 13.0 Å². The fourth-order valence-corrected chi connectivity index (χ4v) is 5.04. The molecule has 34 heavy (non-hydrogen) atoms. The Labute approximate surface area is 201 Å². The second-order valence-electron chi connectivity index (χ2n) is 8.07. The molecule has 2 heterocycles. The number of thiophene rings is 1. The highest BCUT2D eigenvalue weighted by Gasteiger charge is 2.23. The highest BCUT2D eigenvalue weighted by Crippen LogP contribution is 2.30. The number of fused-ring (bicyclic) bond motifs is 2. The lowest BCUT2D eigenvalue weighted by atomic mass is 10.0. The fraction of sp³-hybridized carbons (Fsp3) is 0.185. The Hall–Kier alpha value is -3.84.